The van der Waals surface area contributed by atoms with Gasteiger partial charge in [0.25, 0.3) is 0 Å². The first-order valence-electron chi connectivity index (χ1n) is 8.31. The summed E-state index contributed by atoms with van der Waals surface area (Å²) in [6.45, 7) is 1.53. The SMILES string of the molecule is CC12CCC(COc3ccc(OC(F)(F)C(F)(F)F)cc3)(CC1)C(F)=C2F. The molecular weight excluding hydrogens is 381 g/mol. The van der Waals surface area contributed by atoms with E-state index < -0.39 is 40.5 Å². The van der Waals surface area contributed by atoms with Crippen LogP contribution in [0, 0.1) is 10.8 Å². The lowest BCUT2D eigenvalue weighted by Crippen LogP contribution is -2.43. The number of hydrogen-bond donors (Lipinski definition) is 0. The second-order valence-electron chi connectivity index (χ2n) is 7.35. The summed E-state index contributed by atoms with van der Waals surface area (Å²) in [5.41, 5.74) is -1.84. The molecule has 0 saturated heterocycles. The Hall–Kier alpha value is -1.93. The van der Waals surface area contributed by atoms with Crippen molar-refractivity contribution in [1.82, 2.24) is 0 Å². The van der Waals surface area contributed by atoms with E-state index >= 15 is 0 Å². The summed E-state index contributed by atoms with van der Waals surface area (Å²) in [5.74, 6) is -2.14. The van der Waals surface area contributed by atoms with Gasteiger partial charge in [0.1, 0.15) is 29.8 Å². The molecule has 0 atom stereocenters. The number of allylic oxidation sites excluding steroid dienone is 1. The molecule has 0 aliphatic heterocycles. The number of benzene rings is 1. The summed E-state index contributed by atoms with van der Waals surface area (Å²) in [5, 5.41) is 0. The van der Waals surface area contributed by atoms with Crippen LogP contribution in [0.1, 0.15) is 32.6 Å². The summed E-state index contributed by atoms with van der Waals surface area (Å²) in [6, 6.07) is 4.04. The summed E-state index contributed by atoms with van der Waals surface area (Å²) in [4.78, 5) is 0. The van der Waals surface area contributed by atoms with Crippen LogP contribution in [0.15, 0.2) is 35.9 Å². The largest absolute Gasteiger partial charge is 0.499 e. The molecule has 3 aliphatic rings. The minimum absolute atomic E-state index is 0.124. The number of hydrogen-bond acceptors (Lipinski definition) is 2. The van der Waals surface area contributed by atoms with Crippen molar-refractivity contribution in [3.05, 3.63) is 35.9 Å². The van der Waals surface area contributed by atoms with Gasteiger partial charge in [0.2, 0.25) is 0 Å². The molecule has 2 nitrogen and oxygen atoms in total. The molecule has 4 rings (SSSR count). The topological polar surface area (TPSA) is 18.5 Å². The first-order valence-corrected chi connectivity index (χ1v) is 8.31. The third kappa shape index (κ3) is 3.48. The minimum atomic E-state index is -5.84. The predicted molar refractivity (Wildman–Crippen MR) is 81.8 cm³/mol. The quantitative estimate of drug-likeness (QED) is 0.540. The zero-order chi connectivity index (χ0) is 20.1. The highest BCUT2D eigenvalue weighted by Gasteiger charge is 2.61. The summed E-state index contributed by atoms with van der Waals surface area (Å²) in [7, 11) is 0. The molecular formula is C18H17F7O2. The van der Waals surface area contributed by atoms with Crippen LogP contribution in [0.5, 0.6) is 11.5 Å². The molecule has 9 heteroatoms. The van der Waals surface area contributed by atoms with E-state index in [1.807, 2.05) is 0 Å². The van der Waals surface area contributed by atoms with Gasteiger partial charge in [0.15, 0.2) is 0 Å². The van der Waals surface area contributed by atoms with Crippen LogP contribution in [0.25, 0.3) is 0 Å². The van der Waals surface area contributed by atoms with Crippen LogP contribution in [0.3, 0.4) is 0 Å². The maximum absolute atomic E-state index is 14.5. The molecule has 0 amide bonds. The lowest BCUT2D eigenvalue weighted by molar-refractivity contribution is -0.360. The molecule has 2 bridgehead atoms. The Morgan fingerprint density at radius 3 is 1.89 bits per heavy atom. The van der Waals surface area contributed by atoms with Gasteiger partial charge in [0.05, 0.1) is 5.41 Å². The second-order valence-corrected chi connectivity index (χ2v) is 7.35. The molecule has 0 radical (unpaired) electrons. The van der Waals surface area contributed by atoms with E-state index in [4.69, 9.17) is 4.74 Å². The fourth-order valence-corrected chi connectivity index (χ4v) is 3.46. The van der Waals surface area contributed by atoms with Crippen LogP contribution < -0.4 is 9.47 Å². The Bertz CT molecular complexity index is 729. The maximum Gasteiger partial charge on any atom is 0.499 e. The predicted octanol–water partition coefficient (Wildman–Crippen LogP) is 6.33. The van der Waals surface area contributed by atoms with Gasteiger partial charge in [-0.15, -0.1) is 0 Å². The van der Waals surface area contributed by atoms with Crippen molar-refractivity contribution in [3.8, 4) is 11.5 Å². The van der Waals surface area contributed by atoms with Gasteiger partial charge in [-0.25, -0.2) is 8.78 Å². The number of rotatable bonds is 5. The molecule has 1 fully saturated rings. The fraction of sp³-hybridized carbons (Fsp3) is 0.556. The van der Waals surface area contributed by atoms with Gasteiger partial charge in [-0.2, -0.15) is 22.0 Å². The maximum atomic E-state index is 14.5. The zero-order valence-electron chi connectivity index (χ0n) is 14.3. The molecule has 1 aromatic carbocycles. The minimum Gasteiger partial charge on any atom is -0.493 e. The number of ether oxygens (including phenoxy) is 2. The van der Waals surface area contributed by atoms with E-state index in [9.17, 15) is 30.7 Å². The van der Waals surface area contributed by atoms with Crippen molar-refractivity contribution in [1.29, 1.82) is 0 Å². The van der Waals surface area contributed by atoms with Crippen LogP contribution in [-0.4, -0.2) is 18.9 Å². The van der Waals surface area contributed by atoms with E-state index in [0.717, 1.165) is 24.3 Å². The van der Waals surface area contributed by atoms with Crippen LogP contribution >= 0.6 is 0 Å². The first kappa shape index (κ1) is 19.8. The molecule has 3 aliphatic carbocycles. The van der Waals surface area contributed by atoms with E-state index in [-0.39, 0.29) is 12.4 Å². The molecule has 150 valence electrons. The van der Waals surface area contributed by atoms with Crippen LogP contribution in [-0.2, 0) is 0 Å². The van der Waals surface area contributed by atoms with Crippen LogP contribution in [0.2, 0.25) is 0 Å². The molecule has 0 unspecified atom stereocenters. The van der Waals surface area contributed by atoms with E-state index in [0.29, 0.717) is 25.7 Å². The molecule has 0 spiro atoms. The van der Waals surface area contributed by atoms with Gasteiger partial charge < -0.3 is 9.47 Å². The van der Waals surface area contributed by atoms with E-state index in [1.165, 1.54) is 0 Å². The van der Waals surface area contributed by atoms with Crippen molar-refractivity contribution >= 4 is 0 Å². The Labute approximate surface area is 150 Å². The van der Waals surface area contributed by atoms with E-state index in [1.54, 1.807) is 6.92 Å². The van der Waals surface area contributed by atoms with Gasteiger partial charge in [-0.1, -0.05) is 6.92 Å². The second kappa shape index (κ2) is 6.31. The summed E-state index contributed by atoms with van der Waals surface area (Å²) >= 11 is 0. The zero-order valence-corrected chi connectivity index (χ0v) is 14.3. The van der Waals surface area contributed by atoms with Gasteiger partial charge in [-0.05, 0) is 49.9 Å². The Morgan fingerprint density at radius 2 is 1.37 bits per heavy atom. The highest BCUT2D eigenvalue weighted by atomic mass is 19.4. The van der Waals surface area contributed by atoms with Gasteiger partial charge in [0, 0.05) is 5.41 Å². The molecule has 0 N–H and O–H groups in total. The molecule has 27 heavy (non-hydrogen) atoms. The van der Waals surface area contributed by atoms with Gasteiger partial charge >= 0.3 is 12.3 Å². The molecule has 0 aromatic heterocycles. The Balaban J connectivity index is 1.66. The van der Waals surface area contributed by atoms with Gasteiger partial charge in [-0.3, -0.25) is 0 Å². The standard InChI is InChI=1S/C18H17F7O2/c1-15-6-8-16(9-7-15,14(20)13(15)19)10-26-11-2-4-12(5-3-11)27-18(24,25)17(21,22)23/h2-5H,6-10H2,1H3. The highest BCUT2D eigenvalue weighted by Crippen LogP contribution is 2.60. The first-order chi connectivity index (χ1) is 12.4. The molecule has 1 aromatic rings. The number of fused-ring (bicyclic) bond motifs is 2. The Morgan fingerprint density at radius 1 is 0.852 bits per heavy atom. The van der Waals surface area contributed by atoms with Crippen molar-refractivity contribution in [3.63, 3.8) is 0 Å². The summed E-state index contributed by atoms with van der Waals surface area (Å²) < 4.78 is 99.9. The lowest BCUT2D eigenvalue weighted by atomic mass is 9.58. The molecule has 1 saturated carbocycles. The summed E-state index contributed by atoms with van der Waals surface area (Å²) in [6.07, 6.45) is -9.34. The number of alkyl halides is 5. The average Bonchev–Trinajstić information content (AvgIpc) is 2.59. The van der Waals surface area contributed by atoms with Crippen molar-refractivity contribution in [2.45, 2.75) is 44.9 Å². The monoisotopic (exact) mass is 398 g/mol. The fourth-order valence-electron chi connectivity index (χ4n) is 3.46. The van der Waals surface area contributed by atoms with Crippen molar-refractivity contribution in [2.75, 3.05) is 6.61 Å². The third-order valence-corrected chi connectivity index (χ3v) is 5.41. The highest BCUT2D eigenvalue weighted by molar-refractivity contribution is 5.32. The van der Waals surface area contributed by atoms with Crippen molar-refractivity contribution < 1.29 is 40.2 Å². The van der Waals surface area contributed by atoms with Crippen molar-refractivity contribution in [2.24, 2.45) is 10.8 Å². The lowest BCUT2D eigenvalue weighted by Gasteiger charge is -2.48. The Kier molecular flexibility index (Phi) is 4.63. The smallest absolute Gasteiger partial charge is 0.493 e. The third-order valence-electron chi connectivity index (χ3n) is 5.41. The molecule has 0 heterocycles. The van der Waals surface area contributed by atoms with E-state index in [2.05, 4.69) is 4.74 Å². The average molecular weight is 398 g/mol. The van der Waals surface area contributed by atoms with Crippen LogP contribution in [0.4, 0.5) is 30.7 Å². The normalized spacial score (nSPS) is 28.4. The number of halogens is 7.